The monoisotopic (exact) mass is 318 g/mol. The van der Waals surface area contributed by atoms with Crippen LogP contribution in [-0.4, -0.2) is 40.3 Å². The number of hydrogen-bond acceptors (Lipinski definition) is 3. The highest BCUT2D eigenvalue weighted by atomic mass is 16.4. The van der Waals surface area contributed by atoms with Gasteiger partial charge in [0, 0.05) is 5.71 Å². The van der Waals surface area contributed by atoms with Crippen molar-refractivity contribution in [2.45, 2.75) is 51.6 Å². The SMILES string of the molecule is C=C\C=C/C(=C\C)C(/C)=N/C1(N(C=O)CC(=O)O)CCCCC1. The number of aliphatic carboxylic acids is 1. The summed E-state index contributed by atoms with van der Waals surface area (Å²) < 4.78 is 0. The number of nitrogens with zero attached hydrogens (tertiary/aromatic N) is 2. The fourth-order valence-corrected chi connectivity index (χ4v) is 2.98. The zero-order valence-corrected chi connectivity index (χ0v) is 14.0. The Hall–Kier alpha value is -2.17. The van der Waals surface area contributed by atoms with Gasteiger partial charge < -0.3 is 10.0 Å². The number of amides is 1. The third-order valence-electron chi connectivity index (χ3n) is 4.14. The van der Waals surface area contributed by atoms with Crippen LogP contribution in [0.15, 0.2) is 41.4 Å². The van der Waals surface area contributed by atoms with Gasteiger partial charge in [0.05, 0.1) is 0 Å². The van der Waals surface area contributed by atoms with Gasteiger partial charge in [0.25, 0.3) is 0 Å². The topological polar surface area (TPSA) is 70.0 Å². The molecule has 5 nitrogen and oxygen atoms in total. The zero-order chi connectivity index (χ0) is 17.3. The molecule has 1 rings (SSSR count). The average Bonchev–Trinajstić information content (AvgIpc) is 2.53. The number of hydrogen-bond donors (Lipinski definition) is 1. The highest BCUT2D eigenvalue weighted by molar-refractivity contribution is 6.01. The molecule has 0 bridgehead atoms. The van der Waals surface area contributed by atoms with Crippen LogP contribution in [0.2, 0.25) is 0 Å². The van der Waals surface area contributed by atoms with Crippen LogP contribution in [0.3, 0.4) is 0 Å². The van der Waals surface area contributed by atoms with Gasteiger partial charge in [-0.2, -0.15) is 0 Å². The first-order chi connectivity index (χ1) is 11.0. The average molecular weight is 318 g/mol. The van der Waals surface area contributed by atoms with E-state index in [1.807, 2.05) is 32.1 Å². The number of aliphatic imine (C=N–C) groups is 1. The summed E-state index contributed by atoms with van der Waals surface area (Å²) in [6, 6.07) is 0. The Morgan fingerprint density at radius 1 is 1.35 bits per heavy atom. The predicted molar refractivity (Wildman–Crippen MR) is 92.4 cm³/mol. The van der Waals surface area contributed by atoms with Crippen molar-refractivity contribution < 1.29 is 14.7 Å². The standard InChI is InChI=1S/C18H26N2O3/c1-4-6-10-16(5-2)15(3)19-18(11-8-7-9-12-18)20(14-21)13-17(22)23/h4-6,10,14H,1,7-9,11-13H2,2-3H3,(H,22,23)/b10-6-,16-5+,19-15+. The Labute approximate surface area is 138 Å². The maximum Gasteiger partial charge on any atom is 0.323 e. The molecule has 0 unspecified atom stereocenters. The Kier molecular flexibility index (Phi) is 7.45. The summed E-state index contributed by atoms with van der Waals surface area (Å²) >= 11 is 0. The molecule has 1 fully saturated rings. The van der Waals surface area contributed by atoms with E-state index >= 15 is 0 Å². The van der Waals surface area contributed by atoms with Gasteiger partial charge in [-0.3, -0.25) is 14.6 Å². The lowest BCUT2D eigenvalue weighted by Crippen LogP contribution is -2.50. The predicted octanol–water partition coefficient (Wildman–Crippen LogP) is 3.34. The Balaban J connectivity index is 3.21. The summed E-state index contributed by atoms with van der Waals surface area (Å²) in [5, 5.41) is 9.08. The molecular formula is C18H26N2O3. The van der Waals surface area contributed by atoms with Gasteiger partial charge in [0.15, 0.2) is 0 Å². The van der Waals surface area contributed by atoms with Crippen LogP contribution in [0.1, 0.15) is 46.0 Å². The molecule has 1 aliphatic rings. The second-order valence-corrected chi connectivity index (χ2v) is 5.71. The maximum atomic E-state index is 11.5. The first-order valence-corrected chi connectivity index (χ1v) is 7.95. The van der Waals surface area contributed by atoms with Crippen LogP contribution in [0.5, 0.6) is 0 Å². The summed E-state index contributed by atoms with van der Waals surface area (Å²) in [7, 11) is 0. The molecular weight excluding hydrogens is 292 g/mol. The number of carboxylic acid groups (broad SMARTS) is 1. The highest BCUT2D eigenvalue weighted by Gasteiger charge is 2.38. The van der Waals surface area contributed by atoms with Crippen LogP contribution in [-0.2, 0) is 9.59 Å². The molecule has 5 heteroatoms. The molecule has 0 aromatic heterocycles. The van der Waals surface area contributed by atoms with Crippen LogP contribution in [0.25, 0.3) is 0 Å². The summed E-state index contributed by atoms with van der Waals surface area (Å²) in [5.74, 6) is -1.02. The summed E-state index contributed by atoms with van der Waals surface area (Å²) in [5.41, 5.74) is 0.986. The van der Waals surface area contributed by atoms with Crippen LogP contribution in [0.4, 0.5) is 0 Å². The van der Waals surface area contributed by atoms with Crippen molar-refractivity contribution in [3.05, 3.63) is 36.5 Å². The quantitative estimate of drug-likeness (QED) is 0.424. The van der Waals surface area contributed by atoms with E-state index in [1.54, 1.807) is 6.08 Å². The summed E-state index contributed by atoms with van der Waals surface area (Å²) in [6.45, 7) is 7.14. The second kappa shape index (κ2) is 9.08. The van der Waals surface area contributed by atoms with Gasteiger partial charge in [-0.25, -0.2) is 0 Å². The van der Waals surface area contributed by atoms with Crippen molar-refractivity contribution in [2.75, 3.05) is 6.54 Å². The molecule has 1 N–H and O–H groups in total. The first-order valence-electron chi connectivity index (χ1n) is 7.95. The molecule has 0 spiro atoms. The van der Waals surface area contributed by atoms with Crippen LogP contribution < -0.4 is 0 Å². The maximum absolute atomic E-state index is 11.5. The minimum Gasteiger partial charge on any atom is -0.480 e. The minimum absolute atomic E-state index is 0.325. The Bertz CT molecular complexity index is 526. The molecule has 0 aromatic rings. The molecule has 1 saturated carbocycles. The van der Waals surface area contributed by atoms with E-state index in [1.165, 1.54) is 4.90 Å². The van der Waals surface area contributed by atoms with Crippen molar-refractivity contribution in [1.82, 2.24) is 4.90 Å². The molecule has 1 amide bonds. The van der Waals surface area contributed by atoms with E-state index in [0.29, 0.717) is 19.3 Å². The van der Waals surface area contributed by atoms with E-state index in [-0.39, 0.29) is 6.54 Å². The molecule has 0 heterocycles. The lowest BCUT2D eigenvalue weighted by Gasteiger charge is -2.41. The van der Waals surface area contributed by atoms with E-state index in [4.69, 9.17) is 10.1 Å². The Morgan fingerprint density at radius 2 is 2.00 bits per heavy atom. The van der Waals surface area contributed by atoms with Gasteiger partial charge in [-0.15, -0.1) is 0 Å². The number of carbonyl (C=O) groups is 2. The van der Waals surface area contributed by atoms with E-state index < -0.39 is 11.6 Å². The first kappa shape index (κ1) is 18.9. The highest BCUT2D eigenvalue weighted by Crippen LogP contribution is 2.35. The van der Waals surface area contributed by atoms with E-state index in [2.05, 4.69) is 6.58 Å². The normalized spacial score (nSPS) is 18.7. The lowest BCUT2D eigenvalue weighted by molar-refractivity contribution is -0.144. The fourth-order valence-electron chi connectivity index (χ4n) is 2.98. The van der Waals surface area contributed by atoms with Crippen molar-refractivity contribution in [3.63, 3.8) is 0 Å². The molecule has 1 aliphatic carbocycles. The number of carboxylic acids is 1. The van der Waals surface area contributed by atoms with Gasteiger partial charge in [-0.05, 0) is 45.1 Å². The smallest absolute Gasteiger partial charge is 0.323 e. The molecule has 23 heavy (non-hydrogen) atoms. The number of allylic oxidation sites excluding steroid dienone is 5. The molecule has 0 aliphatic heterocycles. The van der Waals surface area contributed by atoms with E-state index in [0.717, 1.165) is 30.5 Å². The lowest BCUT2D eigenvalue weighted by atomic mass is 9.87. The van der Waals surface area contributed by atoms with Crippen molar-refractivity contribution in [1.29, 1.82) is 0 Å². The van der Waals surface area contributed by atoms with Gasteiger partial charge in [-0.1, -0.05) is 37.3 Å². The molecule has 126 valence electrons. The molecule has 0 aromatic carbocycles. The third-order valence-corrected chi connectivity index (χ3v) is 4.14. The minimum atomic E-state index is -1.02. The zero-order valence-electron chi connectivity index (χ0n) is 14.0. The summed E-state index contributed by atoms with van der Waals surface area (Å²) in [4.78, 5) is 28.7. The summed E-state index contributed by atoms with van der Waals surface area (Å²) in [6.07, 6.45) is 12.3. The van der Waals surface area contributed by atoms with Crippen molar-refractivity contribution in [2.24, 2.45) is 4.99 Å². The third kappa shape index (κ3) is 5.20. The fraction of sp³-hybridized carbons (Fsp3) is 0.500. The second-order valence-electron chi connectivity index (χ2n) is 5.71. The van der Waals surface area contributed by atoms with Gasteiger partial charge in [0.1, 0.15) is 12.2 Å². The largest absolute Gasteiger partial charge is 0.480 e. The molecule has 0 atom stereocenters. The molecule has 0 radical (unpaired) electrons. The molecule has 0 saturated heterocycles. The van der Waals surface area contributed by atoms with Crippen molar-refractivity contribution in [3.8, 4) is 0 Å². The van der Waals surface area contributed by atoms with Crippen molar-refractivity contribution >= 4 is 18.1 Å². The van der Waals surface area contributed by atoms with E-state index in [9.17, 15) is 9.59 Å². The van der Waals surface area contributed by atoms with Crippen LogP contribution in [0, 0.1) is 0 Å². The van der Waals surface area contributed by atoms with Gasteiger partial charge >= 0.3 is 5.97 Å². The Morgan fingerprint density at radius 3 is 2.48 bits per heavy atom. The van der Waals surface area contributed by atoms with Crippen LogP contribution >= 0.6 is 0 Å². The number of rotatable bonds is 8. The number of carbonyl (C=O) groups excluding carboxylic acids is 1. The van der Waals surface area contributed by atoms with Gasteiger partial charge in [0.2, 0.25) is 6.41 Å².